The zero-order valence-corrected chi connectivity index (χ0v) is 22.2. The molecule has 0 aromatic heterocycles. The maximum Gasteiger partial charge on any atom is 0.262 e. The summed E-state index contributed by atoms with van der Waals surface area (Å²) in [6, 6.07) is 23.0. The number of ether oxygens (including phenoxy) is 2. The van der Waals surface area contributed by atoms with Crippen molar-refractivity contribution in [2.45, 2.75) is 31.1 Å². The monoisotopic (exact) mass is 528 g/mol. The summed E-state index contributed by atoms with van der Waals surface area (Å²) in [5.41, 5.74) is 4.76. The van der Waals surface area contributed by atoms with Gasteiger partial charge in [0.05, 0.1) is 26.0 Å². The molecule has 5 rings (SSSR count). The lowest BCUT2D eigenvalue weighted by Crippen LogP contribution is -2.25. The molecular formula is C29H28N4O4S. The van der Waals surface area contributed by atoms with Crippen molar-refractivity contribution >= 4 is 40.1 Å². The summed E-state index contributed by atoms with van der Waals surface area (Å²) in [4.78, 5) is 29.9. The van der Waals surface area contributed by atoms with Gasteiger partial charge < -0.3 is 14.8 Å². The minimum Gasteiger partial charge on any atom is -0.497 e. The highest BCUT2D eigenvalue weighted by atomic mass is 32.2. The fourth-order valence-electron chi connectivity index (χ4n) is 4.38. The van der Waals surface area contributed by atoms with E-state index in [9.17, 15) is 9.59 Å². The summed E-state index contributed by atoms with van der Waals surface area (Å²) in [6.45, 7) is 2.05. The van der Waals surface area contributed by atoms with Crippen LogP contribution in [0.4, 0.5) is 5.69 Å². The maximum absolute atomic E-state index is 12.8. The summed E-state index contributed by atoms with van der Waals surface area (Å²) in [7, 11) is 3.20. The summed E-state index contributed by atoms with van der Waals surface area (Å²) >= 11 is 1.28. The number of anilines is 1. The van der Waals surface area contributed by atoms with Crippen molar-refractivity contribution in [3.63, 3.8) is 0 Å². The first-order valence-electron chi connectivity index (χ1n) is 12.2. The topological polar surface area (TPSA) is 92.6 Å². The van der Waals surface area contributed by atoms with Gasteiger partial charge in [0.2, 0.25) is 5.91 Å². The molecule has 2 aliphatic heterocycles. The van der Waals surface area contributed by atoms with Crippen LogP contribution in [-0.2, 0) is 9.59 Å². The second kappa shape index (κ2) is 11.1. The Labute approximate surface area is 225 Å². The third-order valence-corrected chi connectivity index (χ3v) is 7.59. The van der Waals surface area contributed by atoms with Gasteiger partial charge >= 0.3 is 0 Å². The third kappa shape index (κ3) is 5.57. The predicted octanol–water partition coefficient (Wildman–Crippen LogP) is 5.19. The Balaban J connectivity index is 1.34. The molecule has 0 unspecified atom stereocenters. The molecule has 38 heavy (non-hydrogen) atoms. The van der Waals surface area contributed by atoms with E-state index >= 15 is 0 Å². The van der Waals surface area contributed by atoms with E-state index in [1.165, 1.54) is 17.3 Å². The second-order valence-electron chi connectivity index (χ2n) is 9.07. The first kappa shape index (κ1) is 25.5. The molecule has 0 aliphatic carbocycles. The average Bonchev–Trinajstić information content (AvgIpc) is 3.53. The van der Waals surface area contributed by atoms with Crippen LogP contribution in [0.1, 0.15) is 35.6 Å². The first-order chi connectivity index (χ1) is 18.4. The number of hydrazone groups is 1. The van der Waals surface area contributed by atoms with Crippen molar-refractivity contribution in [2.24, 2.45) is 10.1 Å². The van der Waals surface area contributed by atoms with Crippen LogP contribution in [0.15, 0.2) is 82.9 Å². The Kier molecular flexibility index (Phi) is 7.46. The zero-order chi connectivity index (χ0) is 26.6. The molecule has 3 aromatic rings. The van der Waals surface area contributed by atoms with Gasteiger partial charge in [-0.1, -0.05) is 59.8 Å². The molecule has 0 radical (unpaired) electrons. The molecule has 194 valence electrons. The number of aliphatic imine (C=N–C) groups is 1. The Bertz CT molecular complexity index is 1400. The number of hydrogen-bond acceptors (Lipinski definition) is 7. The highest BCUT2D eigenvalue weighted by Crippen LogP contribution is 2.39. The number of thioether (sulfide) groups is 1. The summed E-state index contributed by atoms with van der Waals surface area (Å²) < 4.78 is 10.5. The van der Waals surface area contributed by atoms with Crippen LogP contribution in [-0.4, -0.2) is 47.2 Å². The Morgan fingerprint density at radius 3 is 2.47 bits per heavy atom. The Hall–Kier alpha value is -4.11. The molecule has 0 spiro atoms. The number of carbonyl (C=O) groups excluding carboxylic acids is 2. The van der Waals surface area contributed by atoms with Crippen LogP contribution >= 0.6 is 11.8 Å². The average molecular weight is 529 g/mol. The van der Waals surface area contributed by atoms with E-state index < -0.39 is 5.25 Å². The maximum atomic E-state index is 12.8. The molecule has 0 saturated carbocycles. The zero-order valence-electron chi connectivity index (χ0n) is 21.4. The Morgan fingerprint density at radius 2 is 1.76 bits per heavy atom. The predicted molar refractivity (Wildman–Crippen MR) is 150 cm³/mol. The molecule has 8 nitrogen and oxygen atoms in total. The van der Waals surface area contributed by atoms with Crippen molar-refractivity contribution in [2.75, 3.05) is 19.5 Å². The number of carbonyl (C=O) groups is 2. The van der Waals surface area contributed by atoms with Crippen molar-refractivity contribution < 1.29 is 19.1 Å². The molecular weight excluding hydrogens is 500 g/mol. The fourth-order valence-corrected chi connectivity index (χ4v) is 5.44. The minimum atomic E-state index is -0.620. The summed E-state index contributed by atoms with van der Waals surface area (Å²) in [5, 5.41) is 9.44. The van der Waals surface area contributed by atoms with E-state index in [0.717, 1.165) is 22.6 Å². The number of hydrogen-bond donors (Lipinski definition) is 1. The highest BCUT2D eigenvalue weighted by molar-refractivity contribution is 8.15. The highest BCUT2D eigenvalue weighted by Gasteiger charge is 2.39. The van der Waals surface area contributed by atoms with Gasteiger partial charge in [0.15, 0.2) is 5.17 Å². The molecule has 1 N–H and O–H groups in total. The van der Waals surface area contributed by atoms with Crippen LogP contribution in [0.5, 0.6) is 11.5 Å². The molecule has 2 atom stereocenters. The largest absolute Gasteiger partial charge is 0.497 e. The number of rotatable bonds is 7. The van der Waals surface area contributed by atoms with Gasteiger partial charge in [-0.25, -0.2) is 5.01 Å². The van der Waals surface area contributed by atoms with Crippen LogP contribution in [0.2, 0.25) is 0 Å². The number of nitrogens with zero attached hydrogens (tertiary/aromatic N) is 3. The normalized spacial score (nSPS) is 18.7. The standard InChI is InChI=1S/C29H28N4O4S/c1-18-7-9-19(10-8-18)24-16-25(20-11-13-22(36-2)14-12-20)33(32-24)29-31-28(35)26(38-29)17-27(34)30-21-5-4-6-23(15-21)37-3/h4-15,25-26H,16-17H2,1-3H3,(H,30,34)/t25-,26+/m0/s1. The third-order valence-electron chi connectivity index (χ3n) is 6.44. The molecule has 0 fully saturated rings. The lowest BCUT2D eigenvalue weighted by Gasteiger charge is -2.23. The number of benzene rings is 3. The van der Waals surface area contributed by atoms with E-state index in [2.05, 4.69) is 34.6 Å². The van der Waals surface area contributed by atoms with Gasteiger partial charge in [-0.3, -0.25) is 9.59 Å². The summed E-state index contributed by atoms with van der Waals surface area (Å²) in [6.07, 6.45) is 0.660. The van der Waals surface area contributed by atoms with E-state index in [1.807, 2.05) is 36.2 Å². The van der Waals surface area contributed by atoms with Gasteiger partial charge in [-0.15, -0.1) is 0 Å². The molecule has 0 saturated heterocycles. The molecule has 9 heteroatoms. The van der Waals surface area contributed by atoms with Gasteiger partial charge in [-0.05, 0) is 42.3 Å². The van der Waals surface area contributed by atoms with E-state index in [4.69, 9.17) is 14.6 Å². The van der Waals surface area contributed by atoms with Crippen molar-refractivity contribution in [1.82, 2.24) is 5.01 Å². The molecule has 3 aromatic carbocycles. The van der Waals surface area contributed by atoms with Gasteiger partial charge in [0.25, 0.3) is 5.91 Å². The van der Waals surface area contributed by atoms with Gasteiger partial charge in [-0.2, -0.15) is 10.1 Å². The molecule has 2 heterocycles. The summed E-state index contributed by atoms with van der Waals surface area (Å²) in [5.74, 6) is 0.805. The lowest BCUT2D eigenvalue weighted by molar-refractivity contribution is -0.121. The van der Waals surface area contributed by atoms with Gasteiger partial charge in [0, 0.05) is 24.6 Å². The van der Waals surface area contributed by atoms with Crippen LogP contribution in [0, 0.1) is 6.92 Å². The molecule has 2 aliphatic rings. The number of amidine groups is 1. The molecule has 2 amide bonds. The van der Waals surface area contributed by atoms with E-state index in [-0.39, 0.29) is 24.3 Å². The molecule has 0 bridgehead atoms. The van der Waals surface area contributed by atoms with Crippen LogP contribution < -0.4 is 14.8 Å². The van der Waals surface area contributed by atoms with Gasteiger partial charge in [0.1, 0.15) is 16.7 Å². The van der Waals surface area contributed by atoms with Crippen LogP contribution in [0.25, 0.3) is 0 Å². The SMILES string of the molecule is COc1ccc([C@@H]2CC(c3ccc(C)cc3)=NN2C2=NC(=O)[C@@H](CC(=O)Nc3cccc(OC)c3)S2)cc1. The van der Waals surface area contributed by atoms with E-state index in [0.29, 0.717) is 23.0 Å². The Morgan fingerprint density at radius 1 is 1.03 bits per heavy atom. The smallest absolute Gasteiger partial charge is 0.262 e. The van der Waals surface area contributed by atoms with Crippen LogP contribution in [0.3, 0.4) is 0 Å². The number of nitrogens with one attached hydrogen (secondary N) is 1. The quantitative estimate of drug-likeness (QED) is 0.454. The lowest BCUT2D eigenvalue weighted by atomic mass is 9.98. The fraction of sp³-hybridized carbons (Fsp3) is 0.241. The van der Waals surface area contributed by atoms with Crippen molar-refractivity contribution in [3.05, 3.63) is 89.5 Å². The van der Waals surface area contributed by atoms with Crippen molar-refractivity contribution in [3.8, 4) is 11.5 Å². The van der Waals surface area contributed by atoms with E-state index in [1.54, 1.807) is 38.5 Å². The first-order valence-corrected chi connectivity index (χ1v) is 13.1. The van der Waals surface area contributed by atoms with Crippen molar-refractivity contribution in [1.29, 1.82) is 0 Å². The number of amides is 2. The number of methoxy groups -OCH3 is 2. The minimum absolute atomic E-state index is 0.00326. The number of aryl methyl sites for hydroxylation is 1. The second-order valence-corrected chi connectivity index (χ2v) is 10.2.